The number of esters is 1. The van der Waals surface area contributed by atoms with Gasteiger partial charge in [0, 0.05) is 6.92 Å². The molecule has 0 bridgehead atoms. The van der Waals surface area contributed by atoms with Gasteiger partial charge in [0.15, 0.2) is 0 Å². The predicted molar refractivity (Wildman–Crippen MR) is 95.0 cm³/mol. The first-order valence-corrected chi connectivity index (χ1v) is 7.93. The van der Waals surface area contributed by atoms with Crippen LogP contribution in [0.25, 0.3) is 0 Å². The fraction of sp³-hybridized carbons (Fsp3) is 0.211. The van der Waals surface area contributed by atoms with E-state index in [0.29, 0.717) is 17.9 Å². The minimum absolute atomic E-state index is 0.243. The van der Waals surface area contributed by atoms with E-state index in [-0.39, 0.29) is 5.91 Å². The lowest BCUT2D eigenvalue weighted by Gasteiger charge is -2.07. The van der Waals surface area contributed by atoms with Crippen LogP contribution in [0.3, 0.4) is 0 Å². The zero-order valence-electron chi connectivity index (χ0n) is 14.2. The standard InChI is InChI=1S/C19H20N2O4/c1-3-12-24-17-10-6-16(7-11-17)19(23)25-18-8-4-15(5-9-18)13-20-21-14(2)22/h4-11,13H,3,12H2,1-2H3,(H,21,22)/b20-13-. The second-order valence-electron chi connectivity index (χ2n) is 5.26. The average Bonchev–Trinajstić information content (AvgIpc) is 2.61. The van der Waals surface area contributed by atoms with E-state index in [0.717, 1.165) is 17.7 Å². The summed E-state index contributed by atoms with van der Waals surface area (Å²) in [4.78, 5) is 22.9. The fourth-order valence-electron chi connectivity index (χ4n) is 1.89. The maximum absolute atomic E-state index is 12.1. The summed E-state index contributed by atoms with van der Waals surface area (Å²) in [6.45, 7) is 4.05. The highest BCUT2D eigenvalue weighted by molar-refractivity contribution is 5.91. The lowest BCUT2D eigenvalue weighted by Crippen LogP contribution is -2.12. The molecule has 0 saturated carbocycles. The van der Waals surface area contributed by atoms with Gasteiger partial charge in [-0.3, -0.25) is 4.79 Å². The SMILES string of the molecule is CCCOc1ccc(C(=O)Oc2ccc(/C=N\NC(C)=O)cc2)cc1. The summed E-state index contributed by atoms with van der Waals surface area (Å²) >= 11 is 0. The highest BCUT2D eigenvalue weighted by Gasteiger charge is 2.08. The molecule has 0 saturated heterocycles. The van der Waals surface area contributed by atoms with Gasteiger partial charge < -0.3 is 9.47 Å². The van der Waals surface area contributed by atoms with Crippen molar-refractivity contribution in [2.75, 3.05) is 6.61 Å². The Hall–Kier alpha value is -3.15. The van der Waals surface area contributed by atoms with Crippen molar-refractivity contribution in [1.82, 2.24) is 5.43 Å². The first-order valence-electron chi connectivity index (χ1n) is 7.93. The summed E-state index contributed by atoms with van der Waals surface area (Å²) in [5.74, 6) is 0.462. The number of nitrogens with one attached hydrogen (secondary N) is 1. The van der Waals surface area contributed by atoms with Gasteiger partial charge in [0.2, 0.25) is 5.91 Å². The normalized spacial score (nSPS) is 10.5. The number of ether oxygens (including phenoxy) is 2. The van der Waals surface area contributed by atoms with Crippen molar-refractivity contribution in [3.63, 3.8) is 0 Å². The van der Waals surface area contributed by atoms with Crippen LogP contribution < -0.4 is 14.9 Å². The molecule has 1 N–H and O–H groups in total. The number of nitrogens with zero attached hydrogens (tertiary/aromatic N) is 1. The summed E-state index contributed by atoms with van der Waals surface area (Å²) in [5.41, 5.74) is 3.53. The predicted octanol–water partition coefficient (Wildman–Crippen LogP) is 3.16. The van der Waals surface area contributed by atoms with E-state index < -0.39 is 5.97 Å². The van der Waals surface area contributed by atoms with Gasteiger partial charge in [-0.05, 0) is 60.5 Å². The number of benzene rings is 2. The van der Waals surface area contributed by atoms with Gasteiger partial charge in [0.1, 0.15) is 11.5 Å². The zero-order valence-corrected chi connectivity index (χ0v) is 14.2. The Bertz CT molecular complexity index is 737. The zero-order chi connectivity index (χ0) is 18.1. The number of hydrazone groups is 1. The number of rotatable bonds is 7. The van der Waals surface area contributed by atoms with Crippen LogP contribution in [0, 0.1) is 0 Å². The van der Waals surface area contributed by atoms with E-state index in [9.17, 15) is 9.59 Å². The number of carbonyl (C=O) groups is 2. The first kappa shape index (κ1) is 18.2. The molecule has 0 spiro atoms. The van der Waals surface area contributed by atoms with E-state index in [2.05, 4.69) is 10.5 Å². The molecular weight excluding hydrogens is 320 g/mol. The van der Waals surface area contributed by atoms with Crippen molar-refractivity contribution in [3.05, 3.63) is 59.7 Å². The van der Waals surface area contributed by atoms with Crippen LogP contribution in [0.1, 0.15) is 36.2 Å². The Balaban J connectivity index is 1.93. The van der Waals surface area contributed by atoms with E-state index in [1.165, 1.54) is 13.1 Å². The van der Waals surface area contributed by atoms with Crippen LogP contribution in [0.2, 0.25) is 0 Å². The van der Waals surface area contributed by atoms with Crippen LogP contribution >= 0.6 is 0 Å². The van der Waals surface area contributed by atoms with E-state index in [4.69, 9.17) is 9.47 Å². The van der Waals surface area contributed by atoms with Crippen LogP contribution in [0.5, 0.6) is 11.5 Å². The van der Waals surface area contributed by atoms with Gasteiger partial charge in [0.25, 0.3) is 0 Å². The molecule has 2 rings (SSSR count). The third kappa shape index (κ3) is 6.10. The van der Waals surface area contributed by atoms with Crippen LogP contribution in [0.4, 0.5) is 0 Å². The number of amides is 1. The van der Waals surface area contributed by atoms with Crippen molar-refractivity contribution < 1.29 is 19.1 Å². The smallest absolute Gasteiger partial charge is 0.343 e. The molecule has 6 nitrogen and oxygen atoms in total. The maximum atomic E-state index is 12.1. The molecule has 0 aliphatic heterocycles. The minimum atomic E-state index is -0.443. The summed E-state index contributed by atoms with van der Waals surface area (Å²) < 4.78 is 10.8. The molecule has 0 aliphatic carbocycles. The fourth-order valence-corrected chi connectivity index (χ4v) is 1.89. The Morgan fingerprint density at radius 2 is 1.68 bits per heavy atom. The van der Waals surface area contributed by atoms with Gasteiger partial charge in [-0.1, -0.05) is 6.92 Å². The van der Waals surface area contributed by atoms with Crippen molar-refractivity contribution >= 4 is 18.1 Å². The topological polar surface area (TPSA) is 77.0 Å². The van der Waals surface area contributed by atoms with E-state index in [1.54, 1.807) is 48.5 Å². The van der Waals surface area contributed by atoms with E-state index >= 15 is 0 Å². The molecule has 1 amide bonds. The molecule has 6 heteroatoms. The molecular formula is C19H20N2O4. The Labute approximate surface area is 146 Å². The lowest BCUT2D eigenvalue weighted by atomic mass is 10.2. The van der Waals surface area contributed by atoms with E-state index in [1.807, 2.05) is 6.92 Å². The monoisotopic (exact) mass is 340 g/mol. The molecule has 0 unspecified atom stereocenters. The molecule has 25 heavy (non-hydrogen) atoms. The number of hydrogen-bond donors (Lipinski definition) is 1. The minimum Gasteiger partial charge on any atom is -0.494 e. The molecule has 0 heterocycles. The molecule has 2 aromatic rings. The van der Waals surface area contributed by atoms with Gasteiger partial charge in [-0.2, -0.15) is 5.10 Å². The Kier molecular flexibility index (Phi) is 6.71. The molecule has 0 atom stereocenters. The first-order chi connectivity index (χ1) is 12.1. The average molecular weight is 340 g/mol. The largest absolute Gasteiger partial charge is 0.494 e. The second-order valence-corrected chi connectivity index (χ2v) is 5.26. The van der Waals surface area contributed by atoms with Gasteiger partial charge >= 0.3 is 5.97 Å². The molecule has 0 radical (unpaired) electrons. The summed E-state index contributed by atoms with van der Waals surface area (Å²) in [5, 5.41) is 3.76. The summed E-state index contributed by atoms with van der Waals surface area (Å²) in [6, 6.07) is 13.6. The highest BCUT2D eigenvalue weighted by atomic mass is 16.5. The van der Waals surface area contributed by atoms with Gasteiger partial charge in [-0.25, -0.2) is 10.2 Å². The molecule has 2 aromatic carbocycles. The van der Waals surface area contributed by atoms with Crippen molar-refractivity contribution in [2.45, 2.75) is 20.3 Å². The summed E-state index contributed by atoms with van der Waals surface area (Å²) in [7, 11) is 0. The lowest BCUT2D eigenvalue weighted by molar-refractivity contribution is -0.118. The van der Waals surface area contributed by atoms with Gasteiger partial charge in [0.05, 0.1) is 18.4 Å². The Morgan fingerprint density at radius 1 is 1.04 bits per heavy atom. The second kappa shape index (κ2) is 9.22. The third-order valence-corrected chi connectivity index (χ3v) is 3.09. The molecule has 0 fully saturated rings. The van der Waals surface area contributed by atoms with Crippen LogP contribution in [0.15, 0.2) is 53.6 Å². The number of hydrogen-bond acceptors (Lipinski definition) is 5. The number of carbonyl (C=O) groups excluding carboxylic acids is 2. The van der Waals surface area contributed by atoms with Crippen LogP contribution in [-0.2, 0) is 4.79 Å². The Morgan fingerprint density at radius 3 is 2.28 bits per heavy atom. The van der Waals surface area contributed by atoms with Crippen molar-refractivity contribution in [2.24, 2.45) is 5.10 Å². The third-order valence-electron chi connectivity index (χ3n) is 3.09. The molecule has 0 aromatic heterocycles. The quantitative estimate of drug-likeness (QED) is 0.363. The maximum Gasteiger partial charge on any atom is 0.343 e. The van der Waals surface area contributed by atoms with Crippen LogP contribution in [-0.4, -0.2) is 24.7 Å². The molecule has 130 valence electrons. The molecule has 0 aliphatic rings. The van der Waals surface area contributed by atoms with Crippen molar-refractivity contribution in [1.29, 1.82) is 0 Å². The highest BCUT2D eigenvalue weighted by Crippen LogP contribution is 2.16. The van der Waals surface area contributed by atoms with Gasteiger partial charge in [-0.15, -0.1) is 0 Å². The summed E-state index contributed by atoms with van der Waals surface area (Å²) in [6.07, 6.45) is 2.43. The van der Waals surface area contributed by atoms with Crippen molar-refractivity contribution in [3.8, 4) is 11.5 Å².